The van der Waals surface area contributed by atoms with Gasteiger partial charge in [0.25, 0.3) is 0 Å². The van der Waals surface area contributed by atoms with Gasteiger partial charge in [-0.15, -0.1) is 0 Å². The van der Waals surface area contributed by atoms with Crippen LogP contribution in [0.3, 0.4) is 0 Å². The van der Waals surface area contributed by atoms with E-state index in [4.69, 9.17) is 0 Å². The number of Topliss-reactive ketones (excluding diaryl/α,β-unsaturated/α-hetero) is 1. The van der Waals surface area contributed by atoms with Crippen LogP contribution in [0.2, 0.25) is 0 Å². The highest BCUT2D eigenvalue weighted by atomic mass is 16.1. The zero-order chi connectivity index (χ0) is 11.1. The monoisotopic (exact) mass is 203 g/mol. The van der Waals surface area contributed by atoms with Gasteiger partial charge in [0.15, 0.2) is 5.78 Å². The van der Waals surface area contributed by atoms with E-state index < -0.39 is 0 Å². The van der Waals surface area contributed by atoms with Gasteiger partial charge in [0.2, 0.25) is 0 Å². The molecule has 0 spiro atoms. The molecule has 15 heavy (non-hydrogen) atoms. The molecule has 0 aromatic heterocycles. The summed E-state index contributed by atoms with van der Waals surface area (Å²) in [6, 6.07) is 6.04. The molecule has 0 amide bonds. The molecular weight excluding hydrogens is 186 g/mol. The van der Waals surface area contributed by atoms with Crippen molar-refractivity contribution in [2.75, 3.05) is 0 Å². The van der Waals surface area contributed by atoms with Crippen LogP contribution < -0.4 is 5.32 Å². The van der Waals surface area contributed by atoms with Crippen LogP contribution in [0.4, 0.5) is 0 Å². The van der Waals surface area contributed by atoms with Gasteiger partial charge in [-0.05, 0) is 17.2 Å². The van der Waals surface area contributed by atoms with Crippen LogP contribution in [0.1, 0.15) is 42.3 Å². The summed E-state index contributed by atoms with van der Waals surface area (Å²) in [4.78, 5) is 12.0. The number of carbonyl (C=O) groups excluding carboxylic acids is 1. The number of ketones is 1. The van der Waals surface area contributed by atoms with Gasteiger partial charge in [-0.3, -0.25) is 4.79 Å². The van der Waals surface area contributed by atoms with Crippen molar-refractivity contribution in [3.8, 4) is 0 Å². The fourth-order valence-electron chi connectivity index (χ4n) is 1.87. The molecule has 80 valence electrons. The van der Waals surface area contributed by atoms with Crippen LogP contribution in [0.25, 0.3) is 0 Å². The predicted molar refractivity (Wildman–Crippen MR) is 60.8 cm³/mol. The van der Waals surface area contributed by atoms with E-state index in [-0.39, 0.29) is 11.2 Å². The Morgan fingerprint density at radius 1 is 1.20 bits per heavy atom. The Kier molecular flexibility index (Phi) is 2.39. The molecule has 1 aliphatic rings. The summed E-state index contributed by atoms with van der Waals surface area (Å²) in [5.41, 5.74) is 3.13. The first-order chi connectivity index (χ1) is 6.98. The van der Waals surface area contributed by atoms with Gasteiger partial charge in [0.1, 0.15) is 0 Å². The number of carbonyl (C=O) groups is 1. The van der Waals surface area contributed by atoms with Crippen molar-refractivity contribution >= 4 is 5.78 Å². The number of rotatable bonds is 1. The van der Waals surface area contributed by atoms with E-state index in [1.165, 1.54) is 11.1 Å². The standard InChI is InChI=1S/C13H17NO/c1-13(2,3)12(15)9-4-5-10-7-14-8-11(10)6-9/h4-6,14H,7-8H2,1-3H3. The molecule has 1 aliphatic heterocycles. The maximum absolute atomic E-state index is 12.0. The van der Waals surface area contributed by atoms with E-state index >= 15 is 0 Å². The highest BCUT2D eigenvalue weighted by Gasteiger charge is 2.23. The normalized spacial score (nSPS) is 15.1. The number of hydrogen-bond donors (Lipinski definition) is 1. The SMILES string of the molecule is CC(C)(C)C(=O)c1ccc2c(c1)CNC2. The van der Waals surface area contributed by atoms with E-state index in [2.05, 4.69) is 11.4 Å². The smallest absolute Gasteiger partial charge is 0.168 e. The second kappa shape index (κ2) is 3.46. The molecular formula is C13H17NO. The second-order valence-corrected chi connectivity index (χ2v) is 5.17. The fraction of sp³-hybridized carbons (Fsp3) is 0.462. The molecule has 0 fully saturated rings. The summed E-state index contributed by atoms with van der Waals surface area (Å²) in [5, 5.41) is 3.28. The molecule has 0 saturated heterocycles. The van der Waals surface area contributed by atoms with Gasteiger partial charge in [-0.25, -0.2) is 0 Å². The molecule has 1 N–H and O–H groups in total. The lowest BCUT2D eigenvalue weighted by molar-refractivity contribution is 0.0858. The summed E-state index contributed by atoms with van der Waals surface area (Å²) >= 11 is 0. The summed E-state index contributed by atoms with van der Waals surface area (Å²) in [7, 11) is 0. The Morgan fingerprint density at radius 2 is 1.87 bits per heavy atom. The van der Waals surface area contributed by atoms with Crippen LogP contribution in [0.15, 0.2) is 18.2 Å². The molecule has 2 heteroatoms. The zero-order valence-electron chi connectivity index (χ0n) is 9.55. The zero-order valence-corrected chi connectivity index (χ0v) is 9.55. The maximum atomic E-state index is 12.0. The van der Waals surface area contributed by atoms with Crippen molar-refractivity contribution in [3.05, 3.63) is 34.9 Å². The third-order valence-corrected chi connectivity index (χ3v) is 2.78. The first-order valence-corrected chi connectivity index (χ1v) is 5.36. The minimum atomic E-state index is -0.291. The molecule has 0 bridgehead atoms. The molecule has 2 rings (SSSR count). The summed E-state index contributed by atoms with van der Waals surface area (Å²) in [6.07, 6.45) is 0. The molecule has 2 nitrogen and oxygen atoms in total. The number of hydrogen-bond acceptors (Lipinski definition) is 2. The van der Waals surface area contributed by atoms with Crippen molar-refractivity contribution in [3.63, 3.8) is 0 Å². The minimum absolute atomic E-state index is 0.220. The summed E-state index contributed by atoms with van der Waals surface area (Å²) < 4.78 is 0. The first-order valence-electron chi connectivity index (χ1n) is 5.36. The average molecular weight is 203 g/mol. The van der Waals surface area contributed by atoms with Crippen molar-refractivity contribution in [1.82, 2.24) is 5.32 Å². The van der Waals surface area contributed by atoms with E-state index in [1.54, 1.807) is 0 Å². The third-order valence-electron chi connectivity index (χ3n) is 2.78. The van der Waals surface area contributed by atoms with Crippen LogP contribution in [-0.2, 0) is 13.1 Å². The van der Waals surface area contributed by atoms with Gasteiger partial charge >= 0.3 is 0 Å². The van der Waals surface area contributed by atoms with Crippen LogP contribution in [-0.4, -0.2) is 5.78 Å². The number of benzene rings is 1. The molecule has 0 aliphatic carbocycles. The topological polar surface area (TPSA) is 29.1 Å². The molecule has 1 aromatic rings. The Labute approximate surface area is 90.7 Å². The predicted octanol–water partition coefficient (Wildman–Crippen LogP) is 2.52. The van der Waals surface area contributed by atoms with Crippen molar-refractivity contribution in [2.45, 2.75) is 33.9 Å². The van der Waals surface area contributed by atoms with Gasteiger partial charge < -0.3 is 5.32 Å². The Hall–Kier alpha value is -1.15. The third kappa shape index (κ3) is 1.95. The van der Waals surface area contributed by atoms with E-state index in [9.17, 15) is 4.79 Å². The molecule has 0 saturated carbocycles. The molecule has 1 heterocycles. The summed E-state index contributed by atoms with van der Waals surface area (Å²) in [5.74, 6) is 0.220. The lowest BCUT2D eigenvalue weighted by Crippen LogP contribution is -2.20. The van der Waals surface area contributed by atoms with Gasteiger partial charge in [-0.2, -0.15) is 0 Å². The average Bonchev–Trinajstić information content (AvgIpc) is 2.61. The van der Waals surface area contributed by atoms with E-state index in [1.807, 2.05) is 32.9 Å². The van der Waals surface area contributed by atoms with Crippen molar-refractivity contribution in [2.24, 2.45) is 5.41 Å². The van der Waals surface area contributed by atoms with Crippen LogP contribution in [0, 0.1) is 5.41 Å². The van der Waals surface area contributed by atoms with E-state index in [0.29, 0.717) is 0 Å². The molecule has 0 unspecified atom stereocenters. The Balaban J connectivity index is 2.35. The lowest BCUT2D eigenvalue weighted by atomic mass is 9.86. The van der Waals surface area contributed by atoms with Crippen molar-refractivity contribution in [1.29, 1.82) is 0 Å². The van der Waals surface area contributed by atoms with Crippen LogP contribution >= 0.6 is 0 Å². The molecule has 1 aromatic carbocycles. The highest BCUT2D eigenvalue weighted by Crippen LogP contribution is 2.24. The molecule has 0 radical (unpaired) electrons. The second-order valence-electron chi connectivity index (χ2n) is 5.17. The Morgan fingerprint density at radius 3 is 2.53 bits per heavy atom. The van der Waals surface area contributed by atoms with E-state index in [0.717, 1.165) is 18.7 Å². The first kappa shape index (κ1) is 10.4. The molecule has 0 atom stereocenters. The fourth-order valence-corrected chi connectivity index (χ4v) is 1.87. The minimum Gasteiger partial charge on any atom is -0.309 e. The van der Waals surface area contributed by atoms with Gasteiger partial charge in [0, 0.05) is 24.1 Å². The quantitative estimate of drug-likeness (QED) is 0.711. The largest absolute Gasteiger partial charge is 0.309 e. The highest BCUT2D eigenvalue weighted by molar-refractivity contribution is 6.00. The van der Waals surface area contributed by atoms with Gasteiger partial charge in [0.05, 0.1) is 0 Å². The lowest BCUT2D eigenvalue weighted by Gasteiger charge is -2.17. The van der Waals surface area contributed by atoms with Gasteiger partial charge in [-0.1, -0.05) is 32.9 Å². The maximum Gasteiger partial charge on any atom is 0.168 e. The van der Waals surface area contributed by atoms with Crippen LogP contribution in [0.5, 0.6) is 0 Å². The Bertz CT molecular complexity index is 401. The van der Waals surface area contributed by atoms with Crippen molar-refractivity contribution < 1.29 is 4.79 Å². The number of nitrogens with one attached hydrogen (secondary N) is 1. The summed E-state index contributed by atoms with van der Waals surface area (Å²) in [6.45, 7) is 7.70. The number of fused-ring (bicyclic) bond motifs is 1.